The van der Waals surface area contributed by atoms with Gasteiger partial charge in [-0.2, -0.15) is 0 Å². The molecule has 0 saturated heterocycles. The predicted octanol–water partition coefficient (Wildman–Crippen LogP) is 2.08. The first-order valence-corrected chi connectivity index (χ1v) is 7.90. The minimum absolute atomic E-state index is 0.233. The molecule has 0 radical (unpaired) electrons. The summed E-state index contributed by atoms with van der Waals surface area (Å²) in [5.74, 6) is 0.406. The largest absolute Gasteiger partial charge is 0.337 e. The van der Waals surface area contributed by atoms with Gasteiger partial charge in [0.2, 0.25) is 15.0 Å². The fourth-order valence-corrected chi connectivity index (χ4v) is 2.44. The monoisotopic (exact) mass is 308 g/mol. The lowest BCUT2D eigenvalue weighted by Crippen LogP contribution is -2.05. The first-order valence-electron chi connectivity index (χ1n) is 5.63. The zero-order chi connectivity index (χ0) is 14.3. The molecular weight excluding hydrogens is 300 g/mol. The third-order valence-electron chi connectivity index (χ3n) is 2.67. The number of imidazole rings is 1. The number of halogens is 1. The van der Waals surface area contributed by atoms with Crippen molar-refractivity contribution in [3.05, 3.63) is 35.5 Å². The van der Waals surface area contributed by atoms with E-state index >= 15 is 0 Å². The average Bonchev–Trinajstić information content (AvgIpc) is 2.81. The summed E-state index contributed by atoms with van der Waals surface area (Å²) in [4.78, 5) is 15.1. The summed E-state index contributed by atoms with van der Waals surface area (Å²) in [6, 6.07) is 7.42. The van der Waals surface area contributed by atoms with Crippen LogP contribution in [0.5, 0.6) is 0 Å². The van der Waals surface area contributed by atoms with Crippen molar-refractivity contribution in [3.8, 4) is 11.5 Å². The minimum Gasteiger partial charge on any atom is -0.337 e. The Labute approximate surface area is 119 Å². The van der Waals surface area contributed by atoms with Gasteiger partial charge in [-0.1, -0.05) is 23.7 Å². The molecule has 0 bridgehead atoms. The van der Waals surface area contributed by atoms with Crippen molar-refractivity contribution in [1.29, 1.82) is 0 Å². The van der Waals surface area contributed by atoms with Crippen LogP contribution in [-0.4, -0.2) is 34.6 Å². The van der Waals surface area contributed by atoms with Crippen LogP contribution in [0.2, 0.25) is 5.02 Å². The lowest BCUT2D eigenvalue weighted by molar-refractivity contribution is 0.593. The van der Waals surface area contributed by atoms with E-state index in [9.17, 15) is 8.42 Å². The predicted molar refractivity (Wildman–Crippen MR) is 75.2 cm³/mol. The molecule has 20 heavy (non-hydrogen) atoms. The minimum atomic E-state index is -3.50. The van der Waals surface area contributed by atoms with Crippen LogP contribution in [0.1, 0.15) is 0 Å². The molecular formula is C12H9ClN4O2S. The van der Waals surface area contributed by atoms with Gasteiger partial charge >= 0.3 is 0 Å². The van der Waals surface area contributed by atoms with Crippen LogP contribution in [0.4, 0.5) is 0 Å². The fraction of sp³-hybridized carbons (Fsp3) is 0.0833. The van der Waals surface area contributed by atoms with E-state index in [0.29, 0.717) is 5.82 Å². The van der Waals surface area contributed by atoms with E-state index in [1.165, 1.54) is 6.20 Å². The van der Waals surface area contributed by atoms with Gasteiger partial charge in [-0.05, 0) is 12.1 Å². The molecule has 2 heterocycles. The maximum absolute atomic E-state index is 11.5. The number of hydrogen-bond acceptors (Lipinski definition) is 5. The van der Waals surface area contributed by atoms with E-state index in [4.69, 9.17) is 11.6 Å². The summed E-state index contributed by atoms with van der Waals surface area (Å²) >= 11 is 6.03. The number of fused-ring (bicyclic) bond motifs is 1. The van der Waals surface area contributed by atoms with Crippen molar-refractivity contribution in [1.82, 2.24) is 19.9 Å². The van der Waals surface area contributed by atoms with Crippen LogP contribution in [-0.2, 0) is 9.84 Å². The maximum atomic E-state index is 11.5. The van der Waals surface area contributed by atoms with Gasteiger partial charge in [-0.15, -0.1) is 0 Å². The van der Waals surface area contributed by atoms with Gasteiger partial charge in [0.25, 0.3) is 0 Å². The molecule has 3 rings (SSSR count). The second kappa shape index (κ2) is 4.53. The molecule has 0 aliphatic rings. The molecule has 1 aromatic carbocycles. The van der Waals surface area contributed by atoms with Crippen LogP contribution >= 0.6 is 11.6 Å². The lowest BCUT2D eigenvalue weighted by Gasteiger charge is -2.01. The number of nitrogens with zero attached hydrogens (tertiary/aromatic N) is 3. The average molecular weight is 309 g/mol. The van der Waals surface area contributed by atoms with Gasteiger partial charge in [-0.3, -0.25) is 0 Å². The SMILES string of the molecule is CS(=O)(=O)c1ncc(Cl)c(-c2nc3ccccc3[nH]2)n1. The van der Waals surface area contributed by atoms with Crippen molar-refractivity contribution in [2.45, 2.75) is 5.16 Å². The summed E-state index contributed by atoms with van der Waals surface area (Å²) in [5.41, 5.74) is 1.83. The number of H-pyrrole nitrogens is 1. The Morgan fingerprint density at radius 3 is 2.65 bits per heavy atom. The summed E-state index contributed by atoms with van der Waals surface area (Å²) in [7, 11) is -3.50. The van der Waals surface area contributed by atoms with Crippen molar-refractivity contribution in [2.24, 2.45) is 0 Å². The maximum Gasteiger partial charge on any atom is 0.247 e. The number of sulfone groups is 1. The number of benzene rings is 1. The van der Waals surface area contributed by atoms with E-state index in [0.717, 1.165) is 17.3 Å². The van der Waals surface area contributed by atoms with Gasteiger partial charge in [0.05, 0.1) is 22.3 Å². The highest BCUT2D eigenvalue weighted by Gasteiger charge is 2.17. The molecule has 6 nitrogen and oxygen atoms in total. The van der Waals surface area contributed by atoms with Crippen LogP contribution in [0.25, 0.3) is 22.6 Å². The molecule has 0 spiro atoms. The molecule has 0 amide bonds. The summed E-state index contributed by atoms with van der Waals surface area (Å²) in [6.07, 6.45) is 2.30. The quantitative estimate of drug-likeness (QED) is 0.732. The highest BCUT2D eigenvalue weighted by atomic mass is 35.5. The number of rotatable bonds is 2. The molecule has 0 aliphatic carbocycles. The Bertz CT molecular complexity index is 872. The molecule has 1 N–H and O–H groups in total. The number of aromatic nitrogens is 4. The van der Waals surface area contributed by atoms with Crippen molar-refractivity contribution >= 4 is 32.5 Å². The number of para-hydroxylation sites is 2. The van der Waals surface area contributed by atoms with Crippen LogP contribution < -0.4 is 0 Å². The Hall–Kier alpha value is -1.99. The van der Waals surface area contributed by atoms with Gasteiger partial charge in [0.1, 0.15) is 5.69 Å². The molecule has 0 saturated carbocycles. The van der Waals surface area contributed by atoms with E-state index in [1.54, 1.807) is 0 Å². The zero-order valence-electron chi connectivity index (χ0n) is 10.3. The second-order valence-electron chi connectivity index (χ2n) is 4.22. The number of nitrogens with one attached hydrogen (secondary N) is 1. The van der Waals surface area contributed by atoms with Gasteiger partial charge in [0.15, 0.2) is 5.82 Å². The van der Waals surface area contributed by atoms with E-state index < -0.39 is 9.84 Å². The Morgan fingerprint density at radius 2 is 1.95 bits per heavy atom. The summed E-state index contributed by atoms with van der Waals surface area (Å²) < 4.78 is 23.0. The number of aromatic amines is 1. The molecule has 0 atom stereocenters. The smallest absolute Gasteiger partial charge is 0.247 e. The number of hydrogen-bond donors (Lipinski definition) is 1. The van der Waals surface area contributed by atoms with E-state index in [-0.39, 0.29) is 15.9 Å². The second-order valence-corrected chi connectivity index (χ2v) is 6.54. The van der Waals surface area contributed by atoms with Crippen LogP contribution in [0.15, 0.2) is 35.6 Å². The summed E-state index contributed by atoms with van der Waals surface area (Å²) in [6.45, 7) is 0. The molecule has 0 aliphatic heterocycles. The zero-order valence-corrected chi connectivity index (χ0v) is 11.9. The topological polar surface area (TPSA) is 88.6 Å². The summed E-state index contributed by atoms with van der Waals surface area (Å²) in [5, 5.41) is -0.0474. The first-order chi connectivity index (χ1) is 9.45. The Balaban J connectivity index is 2.23. The van der Waals surface area contributed by atoms with Gasteiger partial charge < -0.3 is 4.98 Å². The molecule has 3 aromatic rings. The van der Waals surface area contributed by atoms with Crippen LogP contribution in [0.3, 0.4) is 0 Å². The third-order valence-corrected chi connectivity index (χ3v) is 3.80. The third kappa shape index (κ3) is 2.25. The normalized spacial score (nSPS) is 11.9. The Kier molecular flexibility index (Phi) is 2.95. The van der Waals surface area contributed by atoms with Crippen molar-refractivity contribution in [3.63, 3.8) is 0 Å². The molecule has 102 valence electrons. The van der Waals surface area contributed by atoms with Crippen molar-refractivity contribution < 1.29 is 8.42 Å². The molecule has 0 fully saturated rings. The fourth-order valence-electron chi connectivity index (χ4n) is 1.76. The van der Waals surface area contributed by atoms with Gasteiger partial charge in [0, 0.05) is 6.26 Å². The van der Waals surface area contributed by atoms with E-state index in [2.05, 4.69) is 19.9 Å². The standard InChI is InChI=1S/C12H9ClN4O2S/c1-20(18,19)12-14-6-7(13)10(17-12)11-15-8-4-2-3-5-9(8)16-11/h2-6H,1H3,(H,15,16). The highest BCUT2D eigenvalue weighted by molar-refractivity contribution is 7.90. The van der Waals surface area contributed by atoms with E-state index in [1.807, 2.05) is 24.3 Å². The van der Waals surface area contributed by atoms with Crippen LogP contribution in [0, 0.1) is 0 Å². The molecule has 8 heteroatoms. The Morgan fingerprint density at radius 1 is 1.20 bits per heavy atom. The molecule has 2 aromatic heterocycles. The highest BCUT2D eigenvalue weighted by Crippen LogP contribution is 2.25. The molecule has 0 unspecified atom stereocenters. The first kappa shape index (κ1) is 13.0. The van der Waals surface area contributed by atoms with Gasteiger partial charge in [-0.25, -0.2) is 23.4 Å². The lowest BCUT2D eigenvalue weighted by atomic mass is 10.3. The van der Waals surface area contributed by atoms with Crippen molar-refractivity contribution in [2.75, 3.05) is 6.26 Å².